The number of nitrogens with two attached hydrogens (primary N) is 1. The molecule has 9 heteroatoms. The standard InChI is InChI=1S/C9H9N5O3S/c10-13-7(16)8-11-5(4-18-8)3-14-2-1-6(15)12-9(14)17/h1-2,4H,3,10H2,(H,13,16)(H,12,15,17). The molecule has 94 valence electrons. The maximum absolute atomic E-state index is 11.4. The molecule has 8 nitrogen and oxygen atoms in total. The molecule has 0 radical (unpaired) electrons. The number of carbonyl (C=O) groups is 1. The number of nitrogens with one attached hydrogen (secondary N) is 2. The number of amides is 1. The van der Waals surface area contributed by atoms with Crippen LogP contribution in [0.5, 0.6) is 0 Å². The predicted octanol–water partition coefficient (Wildman–Crippen LogP) is -1.36. The first-order valence-corrected chi connectivity index (χ1v) is 5.73. The van der Waals surface area contributed by atoms with Gasteiger partial charge in [0.15, 0.2) is 5.01 Å². The van der Waals surface area contributed by atoms with E-state index in [0.29, 0.717) is 5.69 Å². The molecule has 0 saturated heterocycles. The van der Waals surface area contributed by atoms with E-state index in [1.54, 1.807) is 5.38 Å². The van der Waals surface area contributed by atoms with Crippen molar-refractivity contribution in [1.82, 2.24) is 20.0 Å². The summed E-state index contributed by atoms with van der Waals surface area (Å²) in [5, 5.41) is 1.85. The van der Waals surface area contributed by atoms with Crippen molar-refractivity contribution < 1.29 is 4.79 Å². The van der Waals surface area contributed by atoms with Gasteiger partial charge < -0.3 is 0 Å². The van der Waals surface area contributed by atoms with Gasteiger partial charge in [0, 0.05) is 17.6 Å². The zero-order chi connectivity index (χ0) is 13.1. The van der Waals surface area contributed by atoms with Crippen LogP contribution >= 0.6 is 11.3 Å². The number of nitrogen functional groups attached to an aromatic ring is 1. The number of hydrogen-bond donors (Lipinski definition) is 3. The highest BCUT2D eigenvalue weighted by Gasteiger charge is 2.10. The molecule has 2 rings (SSSR count). The molecular formula is C9H9N5O3S. The zero-order valence-corrected chi connectivity index (χ0v) is 9.86. The van der Waals surface area contributed by atoms with Crippen LogP contribution < -0.4 is 22.5 Å². The molecule has 0 unspecified atom stereocenters. The average molecular weight is 267 g/mol. The summed E-state index contributed by atoms with van der Waals surface area (Å²) in [6.07, 6.45) is 1.36. The third-order valence-electron chi connectivity index (χ3n) is 2.11. The summed E-state index contributed by atoms with van der Waals surface area (Å²) < 4.78 is 1.28. The third-order valence-corrected chi connectivity index (χ3v) is 3.00. The quantitative estimate of drug-likeness (QED) is 0.360. The van der Waals surface area contributed by atoms with Crippen LogP contribution in [0.4, 0.5) is 0 Å². The lowest BCUT2D eigenvalue weighted by molar-refractivity contribution is 0.0953. The van der Waals surface area contributed by atoms with E-state index in [9.17, 15) is 14.4 Å². The van der Waals surface area contributed by atoms with Crippen LogP contribution in [-0.4, -0.2) is 20.4 Å². The van der Waals surface area contributed by atoms with Crippen LogP contribution in [0.1, 0.15) is 15.5 Å². The first kappa shape index (κ1) is 12.2. The fraction of sp³-hybridized carbons (Fsp3) is 0.111. The molecule has 0 aliphatic carbocycles. The Morgan fingerprint density at radius 1 is 1.56 bits per heavy atom. The van der Waals surface area contributed by atoms with Crippen molar-refractivity contribution in [3.05, 3.63) is 49.2 Å². The number of H-pyrrole nitrogens is 1. The summed E-state index contributed by atoms with van der Waals surface area (Å²) in [7, 11) is 0. The second kappa shape index (κ2) is 4.94. The lowest BCUT2D eigenvalue weighted by Crippen LogP contribution is -2.30. The molecule has 0 atom stereocenters. The van der Waals surface area contributed by atoms with Crippen LogP contribution in [-0.2, 0) is 6.54 Å². The third kappa shape index (κ3) is 2.52. The molecule has 0 saturated carbocycles. The van der Waals surface area contributed by atoms with Gasteiger partial charge in [-0.3, -0.25) is 24.6 Å². The van der Waals surface area contributed by atoms with Gasteiger partial charge in [0.1, 0.15) is 0 Å². The molecule has 0 aromatic carbocycles. The first-order valence-electron chi connectivity index (χ1n) is 4.85. The second-order valence-electron chi connectivity index (χ2n) is 3.36. The molecule has 1 amide bonds. The highest BCUT2D eigenvalue weighted by atomic mass is 32.1. The monoisotopic (exact) mass is 267 g/mol. The van der Waals surface area contributed by atoms with Gasteiger partial charge in [-0.25, -0.2) is 15.6 Å². The number of aromatic nitrogens is 3. The van der Waals surface area contributed by atoms with Crippen molar-refractivity contribution >= 4 is 17.2 Å². The van der Waals surface area contributed by atoms with Crippen molar-refractivity contribution in [1.29, 1.82) is 0 Å². The van der Waals surface area contributed by atoms with E-state index in [0.717, 1.165) is 11.3 Å². The van der Waals surface area contributed by atoms with Gasteiger partial charge in [-0.15, -0.1) is 11.3 Å². The largest absolute Gasteiger partial charge is 0.328 e. The number of rotatable bonds is 3. The van der Waals surface area contributed by atoms with Gasteiger partial charge in [-0.1, -0.05) is 0 Å². The number of hydrazine groups is 1. The minimum absolute atomic E-state index is 0.171. The van der Waals surface area contributed by atoms with E-state index >= 15 is 0 Å². The number of hydrogen-bond acceptors (Lipinski definition) is 6. The Morgan fingerprint density at radius 3 is 3.00 bits per heavy atom. The Hall–Kier alpha value is -2.26. The van der Waals surface area contributed by atoms with Gasteiger partial charge in [-0.2, -0.15) is 0 Å². The minimum atomic E-state index is -0.527. The first-order chi connectivity index (χ1) is 8.60. The van der Waals surface area contributed by atoms with Crippen LogP contribution in [0.15, 0.2) is 27.2 Å². The Labute approximate surface area is 104 Å². The Bertz CT molecular complexity index is 686. The van der Waals surface area contributed by atoms with E-state index in [-0.39, 0.29) is 11.6 Å². The maximum atomic E-state index is 11.4. The predicted molar refractivity (Wildman–Crippen MR) is 64.2 cm³/mol. The molecule has 2 aromatic heterocycles. The van der Waals surface area contributed by atoms with Crippen molar-refractivity contribution in [2.24, 2.45) is 5.84 Å². The lowest BCUT2D eigenvalue weighted by atomic mass is 10.4. The molecular weight excluding hydrogens is 258 g/mol. The molecule has 2 heterocycles. The highest BCUT2D eigenvalue weighted by Crippen LogP contribution is 2.09. The summed E-state index contributed by atoms with van der Waals surface area (Å²) in [5.74, 6) is 4.49. The summed E-state index contributed by atoms with van der Waals surface area (Å²) in [6, 6.07) is 1.24. The Balaban J connectivity index is 2.24. The molecule has 0 fully saturated rings. The average Bonchev–Trinajstić information content (AvgIpc) is 2.80. The molecule has 0 aliphatic rings. The number of nitrogens with zero attached hydrogens (tertiary/aromatic N) is 2. The van der Waals surface area contributed by atoms with E-state index in [2.05, 4.69) is 9.97 Å². The normalized spacial score (nSPS) is 10.3. The topological polar surface area (TPSA) is 123 Å². The number of thiazole rings is 1. The number of carbonyl (C=O) groups excluding carboxylic acids is 1. The van der Waals surface area contributed by atoms with Gasteiger partial charge in [0.2, 0.25) is 0 Å². The van der Waals surface area contributed by atoms with Gasteiger partial charge in [0.05, 0.1) is 12.2 Å². The van der Waals surface area contributed by atoms with Gasteiger partial charge >= 0.3 is 5.69 Å². The smallest absolute Gasteiger partial charge is 0.295 e. The molecule has 0 aliphatic heterocycles. The molecule has 18 heavy (non-hydrogen) atoms. The molecule has 0 spiro atoms. The summed E-state index contributed by atoms with van der Waals surface area (Å²) >= 11 is 1.12. The fourth-order valence-corrected chi connectivity index (χ4v) is 2.00. The van der Waals surface area contributed by atoms with E-state index in [1.165, 1.54) is 16.8 Å². The highest BCUT2D eigenvalue weighted by molar-refractivity contribution is 7.11. The SMILES string of the molecule is NNC(=O)c1nc(Cn2ccc(=O)[nH]c2=O)cs1. The second-order valence-corrected chi connectivity index (χ2v) is 4.21. The minimum Gasteiger partial charge on any atom is -0.295 e. The van der Waals surface area contributed by atoms with Crippen molar-refractivity contribution in [3.63, 3.8) is 0 Å². The van der Waals surface area contributed by atoms with Gasteiger partial charge in [0.25, 0.3) is 11.5 Å². The molecule has 0 bridgehead atoms. The summed E-state index contributed by atoms with van der Waals surface area (Å²) in [5.41, 5.74) is 1.52. The van der Waals surface area contributed by atoms with E-state index in [4.69, 9.17) is 5.84 Å². The van der Waals surface area contributed by atoms with Crippen LogP contribution in [0, 0.1) is 0 Å². The summed E-state index contributed by atoms with van der Waals surface area (Å²) in [4.78, 5) is 39.6. The Kier molecular flexibility index (Phi) is 3.35. The number of aromatic amines is 1. The van der Waals surface area contributed by atoms with Gasteiger partial charge in [-0.05, 0) is 0 Å². The van der Waals surface area contributed by atoms with E-state index < -0.39 is 17.2 Å². The fourth-order valence-electron chi connectivity index (χ4n) is 1.29. The van der Waals surface area contributed by atoms with Crippen molar-refractivity contribution in [2.45, 2.75) is 6.54 Å². The lowest BCUT2D eigenvalue weighted by Gasteiger charge is -2.00. The molecule has 4 N–H and O–H groups in total. The Morgan fingerprint density at radius 2 is 2.33 bits per heavy atom. The van der Waals surface area contributed by atoms with E-state index in [1.807, 2.05) is 5.43 Å². The van der Waals surface area contributed by atoms with Crippen LogP contribution in [0.3, 0.4) is 0 Å². The summed E-state index contributed by atoms with van der Waals surface area (Å²) in [6.45, 7) is 0.171. The maximum Gasteiger partial charge on any atom is 0.328 e. The van der Waals surface area contributed by atoms with Crippen molar-refractivity contribution in [2.75, 3.05) is 0 Å². The molecule has 2 aromatic rings. The van der Waals surface area contributed by atoms with Crippen molar-refractivity contribution in [3.8, 4) is 0 Å². The van der Waals surface area contributed by atoms with Crippen LogP contribution in [0.25, 0.3) is 0 Å². The zero-order valence-electron chi connectivity index (χ0n) is 9.04. The van der Waals surface area contributed by atoms with Crippen LogP contribution in [0.2, 0.25) is 0 Å².